The minimum atomic E-state index is 0.0885. The standard InChI is InChI=1S/C17H32N2O/c1-3-5-6-7-8-9-10-17(20)19-18-16-13-11-15(4-2)12-14-16/h15H,3-14H2,1-2H3,(H,19,20). The van der Waals surface area contributed by atoms with E-state index >= 15 is 0 Å². The minimum absolute atomic E-state index is 0.0885. The average molecular weight is 280 g/mol. The Balaban J connectivity index is 2.05. The summed E-state index contributed by atoms with van der Waals surface area (Å²) in [5, 5.41) is 4.30. The Labute approximate surface area is 124 Å². The Kier molecular flexibility index (Phi) is 9.35. The summed E-state index contributed by atoms with van der Waals surface area (Å²) in [6, 6.07) is 0. The van der Waals surface area contributed by atoms with E-state index in [9.17, 15) is 4.79 Å². The molecule has 0 aromatic rings. The number of hydrogen-bond acceptors (Lipinski definition) is 2. The highest BCUT2D eigenvalue weighted by Gasteiger charge is 2.15. The molecule has 3 heteroatoms. The van der Waals surface area contributed by atoms with Gasteiger partial charge in [-0.15, -0.1) is 0 Å². The molecule has 1 rings (SSSR count). The highest BCUT2D eigenvalue weighted by atomic mass is 16.2. The predicted molar refractivity (Wildman–Crippen MR) is 85.8 cm³/mol. The molecule has 1 N–H and O–H groups in total. The zero-order valence-corrected chi connectivity index (χ0v) is 13.4. The molecule has 0 bridgehead atoms. The molecule has 0 spiro atoms. The van der Waals surface area contributed by atoms with Crippen LogP contribution in [0.1, 0.15) is 90.9 Å². The third-order valence-electron chi connectivity index (χ3n) is 4.36. The maximum absolute atomic E-state index is 11.7. The maximum atomic E-state index is 11.7. The lowest BCUT2D eigenvalue weighted by atomic mass is 9.86. The quantitative estimate of drug-likeness (QED) is 0.478. The zero-order valence-electron chi connectivity index (χ0n) is 13.4. The molecule has 1 aliphatic carbocycles. The summed E-state index contributed by atoms with van der Waals surface area (Å²) >= 11 is 0. The van der Waals surface area contributed by atoms with Crippen LogP contribution in [0, 0.1) is 5.92 Å². The largest absolute Gasteiger partial charge is 0.273 e. The van der Waals surface area contributed by atoms with Crippen LogP contribution in [-0.4, -0.2) is 11.6 Å². The Morgan fingerprint density at radius 2 is 1.75 bits per heavy atom. The van der Waals surface area contributed by atoms with Crippen molar-refractivity contribution in [3.8, 4) is 0 Å². The van der Waals surface area contributed by atoms with Crippen molar-refractivity contribution in [3.63, 3.8) is 0 Å². The van der Waals surface area contributed by atoms with Crippen LogP contribution in [0.3, 0.4) is 0 Å². The first-order chi connectivity index (χ1) is 9.76. The molecule has 1 aliphatic rings. The first-order valence-corrected chi connectivity index (χ1v) is 8.60. The van der Waals surface area contributed by atoms with E-state index in [1.54, 1.807) is 0 Å². The first kappa shape index (κ1) is 17.2. The molecular weight excluding hydrogens is 248 g/mol. The third-order valence-corrected chi connectivity index (χ3v) is 4.36. The molecule has 0 heterocycles. The molecule has 116 valence electrons. The molecule has 0 aromatic carbocycles. The Morgan fingerprint density at radius 3 is 2.40 bits per heavy atom. The molecule has 20 heavy (non-hydrogen) atoms. The van der Waals surface area contributed by atoms with Crippen molar-refractivity contribution in [1.82, 2.24) is 5.43 Å². The Bertz CT molecular complexity index is 289. The molecule has 0 aliphatic heterocycles. The number of carbonyl (C=O) groups excluding carboxylic acids is 1. The van der Waals surface area contributed by atoms with Gasteiger partial charge in [0.15, 0.2) is 0 Å². The van der Waals surface area contributed by atoms with Gasteiger partial charge in [-0.2, -0.15) is 5.10 Å². The van der Waals surface area contributed by atoms with Crippen molar-refractivity contribution in [2.24, 2.45) is 11.0 Å². The fourth-order valence-electron chi connectivity index (χ4n) is 2.79. The molecule has 1 saturated carbocycles. The van der Waals surface area contributed by atoms with Crippen molar-refractivity contribution in [1.29, 1.82) is 0 Å². The molecule has 0 unspecified atom stereocenters. The summed E-state index contributed by atoms with van der Waals surface area (Å²) in [5.41, 5.74) is 3.92. The van der Waals surface area contributed by atoms with E-state index in [1.165, 1.54) is 57.1 Å². The van der Waals surface area contributed by atoms with Gasteiger partial charge in [0, 0.05) is 12.1 Å². The lowest BCUT2D eigenvalue weighted by Gasteiger charge is -2.21. The van der Waals surface area contributed by atoms with Gasteiger partial charge < -0.3 is 0 Å². The van der Waals surface area contributed by atoms with Gasteiger partial charge in [0.05, 0.1) is 0 Å². The number of unbranched alkanes of at least 4 members (excludes halogenated alkanes) is 5. The van der Waals surface area contributed by atoms with Gasteiger partial charge in [-0.05, 0) is 38.0 Å². The second-order valence-electron chi connectivity index (χ2n) is 6.08. The van der Waals surface area contributed by atoms with E-state index in [4.69, 9.17) is 0 Å². The van der Waals surface area contributed by atoms with Crippen LogP contribution in [0.25, 0.3) is 0 Å². The van der Waals surface area contributed by atoms with Gasteiger partial charge >= 0.3 is 0 Å². The van der Waals surface area contributed by atoms with E-state index in [0.29, 0.717) is 6.42 Å². The summed E-state index contributed by atoms with van der Waals surface area (Å²) in [6.45, 7) is 4.48. The SMILES string of the molecule is CCCCCCCCC(=O)NN=C1CCC(CC)CC1. The van der Waals surface area contributed by atoms with Gasteiger partial charge in [0.2, 0.25) is 5.91 Å². The van der Waals surface area contributed by atoms with E-state index in [0.717, 1.165) is 25.2 Å². The molecule has 1 amide bonds. The Hall–Kier alpha value is -0.860. The smallest absolute Gasteiger partial charge is 0.240 e. The fraction of sp³-hybridized carbons (Fsp3) is 0.882. The van der Waals surface area contributed by atoms with Crippen LogP contribution in [0.2, 0.25) is 0 Å². The zero-order chi connectivity index (χ0) is 14.6. The predicted octanol–water partition coefficient (Wildman–Crippen LogP) is 4.81. The number of rotatable bonds is 9. The van der Waals surface area contributed by atoms with Crippen molar-refractivity contribution < 1.29 is 4.79 Å². The van der Waals surface area contributed by atoms with Crippen molar-refractivity contribution in [3.05, 3.63) is 0 Å². The van der Waals surface area contributed by atoms with Gasteiger partial charge in [0.25, 0.3) is 0 Å². The molecule has 0 saturated heterocycles. The summed E-state index contributed by atoms with van der Waals surface area (Å²) in [4.78, 5) is 11.7. The molecular formula is C17H32N2O. The van der Waals surface area contributed by atoms with Crippen LogP contribution in [-0.2, 0) is 4.79 Å². The summed E-state index contributed by atoms with van der Waals surface area (Å²) in [7, 11) is 0. The average Bonchev–Trinajstić information content (AvgIpc) is 2.49. The van der Waals surface area contributed by atoms with Crippen LogP contribution >= 0.6 is 0 Å². The van der Waals surface area contributed by atoms with E-state index in [-0.39, 0.29) is 5.91 Å². The summed E-state index contributed by atoms with van der Waals surface area (Å²) in [6.07, 6.45) is 13.8. The van der Waals surface area contributed by atoms with Crippen molar-refractivity contribution in [2.45, 2.75) is 90.9 Å². The van der Waals surface area contributed by atoms with Crippen LogP contribution in [0.15, 0.2) is 5.10 Å². The fourth-order valence-corrected chi connectivity index (χ4v) is 2.79. The lowest BCUT2D eigenvalue weighted by Crippen LogP contribution is -2.21. The second-order valence-corrected chi connectivity index (χ2v) is 6.08. The number of nitrogens with zero attached hydrogens (tertiary/aromatic N) is 1. The highest BCUT2D eigenvalue weighted by molar-refractivity contribution is 5.86. The molecule has 1 fully saturated rings. The highest BCUT2D eigenvalue weighted by Crippen LogP contribution is 2.24. The molecule has 3 nitrogen and oxygen atoms in total. The summed E-state index contributed by atoms with van der Waals surface area (Å²) < 4.78 is 0. The number of carbonyl (C=O) groups is 1. The lowest BCUT2D eigenvalue weighted by molar-refractivity contribution is -0.121. The van der Waals surface area contributed by atoms with Gasteiger partial charge in [-0.3, -0.25) is 4.79 Å². The van der Waals surface area contributed by atoms with Crippen LogP contribution < -0.4 is 5.43 Å². The van der Waals surface area contributed by atoms with E-state index < -0.39 is 0 Å². The van der Waals surface area contributed by atoms with E-state index in [2.05, 4.69) is 24.4 Å². The van der Waals surface area contributed by atoms with E-state index in [1.807, 2.05) is 0 Å². The first-order valence-electron chi connectivity index (χ1n) is 8.60. The topological polar surface area (TPSA) is 41.5 Å². The van der Waals surface area contributed by atoms with Crippen LogP contribution in [0.4, 0.5) is 0 Å². The van der Waals surface area contributed by atoms with Gasteiger partial charge in [-0.1, -0.05) is 52.4 Å². The normalized spacial score (nSPS) is 18.9. The number of nitrogens with one attached hydrogen (secondary N) is 1. The minimum Gasteiger partial charge on any atom is -0.273 e. The van der Waals surface area contributed by atoms with Gasteiger partial charge in [-0.25, -0.2) is 5.43 Å². The van der Waals surface area contributed by atoms with Gasteiger partial charge in [0.1, 0.15) is 0 Å². The number of hydrazone groups is 1. The molecule has 0 aromatic heterocycles. The van der Waals surface area contributed by atoms with Crippen molar-refractivity contribution >= 4 is 11.6 Å². The van der Waals surface area contributed by atoms with Crippen LogP contribution in [0.5, 0.6) is 0 Å². The maximum Gasteiger partial charge on any atom is 0.240 e. The third kappa shape index (κ3) is 7.66. The number of amides is 1. The Morgan fingerprint density at radius 1 is 1.10 bits per heavy atom. The van der Waals surface area contributed by atoms with Crippen molar-refractivity contribution in [2.75, 3.05) is 0 Å². The molecule has 0 atom stereocenters. The monoisotopic (exact) mass is 280 g/mol. The summed E-state index contributed by atoms with van der Waals surface area (Å²) in [5.74, 6) is 0.957. The molecule has 0 radical (unpaired) electrons. The number of hydrogen-bond donors (Lipinski definition) is 1. The second kappa shape index (κ2) is 10.9.